The zero-order valence-corrected chi connectivity index (χ0v) is 14.9. The number of phenols is 1. The van der Waals surface area contributed by atoms with Crippen LogP contribution in [0.1, 0.15) is 16.1 Å². The van der Waals surface area contributed by atoms with Crippen molar-refractivity contribution in [1.29, 1.82) is 0 Å². The van der Waals surface area contributed by atoms with Gasteiger partial charge in [-0.2, -0.15) is 0 Å². The Morgan fingerprint density at radius 1 is 1.28 bits per heavy atom. The average Bonchev–Trinajstić information content (AvgIpc) is 3.04. The van der Waals surface area contributed by atoms with Gasteiger partial charge in [0.15, 0.2) is 5.75 Å². The Morgan fingerprint density at radius 2 is 2.00 bits per heavy atom. The number of carboxylic acid groups (broad SMARTS) is 1. The quantitative estimate of drug-likeness (QED) is 0.649. The van der Waals surface area contributed by atoms with Gasteiger partial charge in [0.2, 0.25) is 0 Å². The predicted octanol–water partition coefficient (Wildman–Crippen LogP) is 3.67. The maximum absolute atomic E-state index is 11.2. The highest BCUT2D eigenvalue weighted by Crippen LogP contribution is 2.30. The first-order valence-corrected chi connectivity index (χ1v) is 8.17. The Hall–Kier alpha value is -2.58. The van der Waals surface area contributed by atoms with Gasteiger partial charge in [-0.05, 0) is 36.4 Å². The highest BCUT2D eigenvalue weighted by atomic mass is 79.9. The molecule has 2 aromatic carbocycles. The molecule has 9 heteroatoms. The lowest BCUT2D eigenvalue weighted by molar-refractivity contribution is 0.0693. The Morgan fingerprint density at radius 3 is 2.68 bits per heavy atom. The molecule has 0 amide bonds. The Bertz CT molecular complexity index is 928. The summed E-state index contributed by atoms with van der Waals surface area (Å²) in [4.78, 5) is 11.2. The Labute approximate surface area is 155 Å². The van der Waals surface area contributed by atoms with Crippen LogP contribution in [0, 0.1) is 0 Å². The molecule has 0 aliphatic carbocycles. The van der Waals surface area contributed by atoms with Crippen LogP contribution in [0.25, 0.3) is 5.69 Å². The number of aromatic nitrogens is 3. The van der Waals surface area contributed by atoms with Gasteiger partial charge < -0.3 is 14.9 Å². The molecule has 3 rings (SSSR count). The van der Waals surface area contributed by atoms with Crippen molar-refractivity contribution in [1.82, 2.24) is 15.0 Å². The van der Waals surface area contributed by atoms with E-state index in [9.17, 15) is 9.90 Å². The van der Waals surface area contributed by atoms with Crippen LogP contribution in [0.5, 0.6) is 11.5 Å². The van der Waals surface area contributed by atoms with Crippen LogP contribution in [-0.2, 0) is 6.61 Å². The van der Waals surface area contributed by atoms with E-state index < -0.39 is 11.7 Å². The Kier molecular flexibility index (Phi) is 4.91. The summed E-state index contributed by atoms with van der Waals surface area (Å²) in [5.41, 5.74) is 0.303. The van der Waals surface area contributed by atoms with E-state index in [4.69, 9.17) is 21.4 Å². The van der Waals surface area contributed by atoms with Gasteiger partial charge in [-0.15, -0.1) is 5.10 Å². The fraction of sp³-hybridized carbons (Fsp3) is 0.0625. The van der Waals surface area contributed by atoms with Gasteiger partial charge in [0.25, 0.3) is 0 Å². The Balaban J connectivity index is 1.82. The molecule has 7 nitrogen and oxygen atoms in total. The van der Waals surface area contributed by atoms with E-state index in [0.29, 0.717) is 11.4 Å². The summed E-state index contributed by atoms with van der Waals surface area (Å²) < 4.78 is 7.78. The van der Waals surface area contributed by atoms with Crippen molar-refractivity contribution < 1.29 is 19.7 Å². The highest BCUT2D eigenvalue weighted by Gasteiger charge is 2.17. The SMILES string of the molecule is O=C(O)c1cc(Cl)cc(-n2cc(COc3ccc(Br)cc3)nn2)c1O. The molecule has 1 heterocycles. The van der Waals surface area contributed by atoms with Gasteiger partial charge >= 0.3 is 5.97 Å². The maximum atomic E-state index is 11.2. The van der Waals surface area contributed by atoms with Crippen LogP contribution in [0.3, 0.4) is 0 Å². The third-order valence-corrected chi connectivity index (χ3v) is 4.02. The molecule has 0 fully saturated rings. The first-order chi connectivity index (χ1) is 11.9. The molecule has 0 saturated carbocycles. The zero-order valence-electron chi connectivity index (χ0n) is 12.6. The number of nitrogens with zero attached hydrogens (tertiary/aromatic N) is 3. The summed E-state index contributed by atoms with van der Waals surface area (Å²) in [5, 5.41) is 27.2. The number of rotatable bonds is 5. The molecular formula is C16H11BrClN3O4. The first-order valence-electron chi connectivity index (χ1n) is 7.00. The number of benzene rings is 2. The maximum Gasteiger partial charge on any atom is 0.339 e. The minimum absolute atomic E-state index is 0.118. The lowest BCUT2D eigenvalue weighted by Crippen LogP contribution is -2.02. The van der Waals surface area contributed by atoms with Crippen LogP contribution in [0.15, 0.2) is 47.1 Å². The van der Waals surface area contributed by atoms with Gasteiger partial charge in [-0.1, -0.05) is 32.7 Å². The van der Waals surface area contributed by atoms with Crippen molar-refractivity contribution in [3.05, 3.63) is 63.3 Å². The van der Waals surface area contributed by atoms with E-state index in [0.717, 1.165) is 10.5 Å². The molecule has 0 atom stereocenters. The van der Waals surface area contributed by atoms with Gasteiger partial charge in [0.1, 0.15) is 29.3 Å². The van der Waals surface area contributed by atoms with E-state index >= 15 is 0 Å². The van der Waals surface area contributed by atoms with Crippen molar-refractivity contribution in [2.75, 3.05) is 0 Å². The second-order valence-corrected chi connectivity index (χ2v) is 6.38. The second kappa shape index (κ2) is 7.12. The predicted molar refractivity (Wildman–Crippen MR) is 93.5 cm³/mol. The van der Waals surface area contributed by atoms with Crippen molar-refractivity contribution >= 4 is 33.5 Å². The average molecular weight is 425 g/mol. The van der Waals surface area contributed by atoms with Crippen molar-refractivity contribution in [2.24, 2.45) is 0 Å². The van der Waals surface area contributed by atoms with E-state index in [1.165, 1.54) is 16.9 Å². The molecule has 0 unspecified atom stereocenters. The number of halogens is 2. The fourth-order valence-electron chi connectivity index (χ4n) is 2.09. The van der Waals surface area contributed by atoms with Gasteiger partial charge in [-0.3, -0.25) is 0 Å². The van der Waals surface area contributed by atoms with Gasteiger partial charge in [-0.25, -0.2) is 9.48 Å². The molecule has 3 aromatic rings. The van der Waals surface area contributed by atoms with Crippen molar-refractivity contribution in [3.63, 3.8) is 0 Å². The lowest BCUT2D eigenvalue weighted by atomic mass is 10.1. The number of carboxylic acids is 1. The van der Waals surface area contributed by atoms with E-state index in [1.54, 1.807) is 12.1 Å². The zero-order chi connectivity index (χ0) is 18.0. The third-order valence-electron chi connectivity index (χ3n) is 3.27. The summed E-state index contributed by atoms with van der Waals surface area (Å²) in [5.74, 6) is -1.07. The van der Waals surface area contributed by atoms with E-state index in [2.05, 4.69) is 26.2 Å². The van der Waals surface area contributed by atoms with Crippen molar-refractivity contribution in [3.8, 4) is 17.2 Å². The minimum Gasteiger partial charge on any atom is -0.505 e. The molecule has 0 aliphatic heterocycles. The first kappa shape index (κ1) is 17.2. The van der Waals surface area contributed by atoms with E-state index in [1.807, 2.05) is 12.1 Å². The topological polar surface area (TPSA) is 97.5 Å². The number of ether oxygens (including phenoxy) is 1. The van der Waals surface area contributed by atoms with Gasteiger partial charge in [0.05, 0.1) is 6.20 Å². The molecule has 0 saturated heterocycles. The monoisotopic (exact) mass is 423 g/mol. The van der Waals surface area contributed by atoms with Crippen LogP contribution >= 0.6 is 27.5 Å². The molecule has 0 bridgehead atoms. The molecule has 128 valence electrons. The summed E-state index contributed by atoms with van der Waals surface area (Å²) >= 11 is 9.25. The molecular weight excluding hydrogens is 414 g/mol. The summed E-state index contributed by atoms with van der Waals surface area (Å²) in [6.45, 7) is 0.161. The largest absolute Gasteiger partial charge is 0.505 e. The highest BCUT2D eigenvalue weighted by molar-refractivity contribution is 9.10. The van der Waals surface area contributed by atoms with Crippen LogP contribution in [-0.4, -0.2) is 31.2 Å². The molecule has 0 aliphatic rings. The standard InChI is InChI=1S/C16H11BrClN3O4/c17-9-1-3-12(4-2-9)25-8-11-7-21(20-19-11)14-6-10(18)5-13(15(14)22)16(23)24/h1-7,22H,8H2,(H,23,24). The van der Waals surface area contributed by atoms with Crippen molar-refractivity contribution in [2.45, 2.75) is 6.61 Å². The third kappa shape index (κ3) is 3.92. The number of aromatic carboxylic acids is 1. The summed E-state index contributed by atoms with van der Waals surface area (Å²) in [6, 6.07) is 9.87. The normalized spacial score (nSPS) is 10.6. The summed E-state index contributed by atoms with van der Waals surface area (Å²) in [6.07, 6.45) is 1.52. The lowest BCUT2D eigenvalue weighted by Gasteiger charge is -2.07. The second-order valence-electron chi connectivity index (χ2n) is 5.02. The molecule has 1 aromatic heterocycles. The molecule has 25 heavy (non-hydrogen) atoms. The number of hydrogen-bond acceptors (Lipinski definition) is 5. The smallest absolute Gasteiger partial charge is 0.339 e. The number of hydrogen-bond donors (Lipinski definition) is 2. The fourth-order valence-corrected chi connectivity index (χ4v) is 2.57. The van der Waals surface area contributed by atoms with Gasteiger partial charge in [0, 0.05) is 9.50 Å². The summed E-state index contributed by atoms with van der Waals surface area (Å²) in [7, 11) is 0. The molecule has 0 radical (unpaired) electrons. The molecule has 0 spiro atoms. The minimum atomic E-state index is -1.29. The number of aromatic hydroxyl groups is 1. The number of carbonyl (C=O) groups is 1. The van der Waals surface area contributed by atoms with E-state index in [-0.39, 0.29) is 22.9 Å². The van der Waals surface area contributed by atoms with Crippen LogP contribution in [0.2, 0.25) is 5.02 Å². The van der Waals surface area contributed by atoms with Crippen LogP contribution in [0.4, 0.5) is 0 Å². The van der Waals surface area contributed by atoms with Crippen LogP contribution < -0.4 is 4.74 Å². The molecule has 2 N–H and O–H groups in total.